The van der Waals surface area contributed by atoms with Crippen molar-refractivity contribution >= 4 is 23.4 Å². The fourth-order valence-electron chi connectivity index (χ4n) is 1.42. The van der Waals surface area contributed by atoms with E-state index >= 15 is 0 Å². The average Bonchev–Trinajstić information content (AvgIpc) is 2.24. The normalized spacial score (nSPS) is 12.4. The summed E-state index contributed by atoms with van der Waals surface area (Å²) in [6.45, 7) is 2.72. The van der Waals surface area contributed by atoms with Crippen LogP contribution in [0.3, 0.4) is 0 Å². The first-order valence-electron chi connectivity index (χ1n) is 5.20. The predicted molar refractivity (Wildman–Crippen MR) is 65.6 cm³/mol. The van der Waals surface area contributed by atoms with Crippen LogP contribution in [-0.2, 0) is 4.74 Å². The van der Waals surface area contributed by atoms with Gasteiger partial charge in [-0.25, -0.2) is 4.98 Å². The molecule has 6 heteroatoms. The van der Waals surface area contributed by atoms with Gasteiger partial charge in [0.25, 0.3) is 0 Å². The molecule has 1 aromatic rings. The predicted octanol–water partition coefficient (Wildman–Crippen LogP) is 1.94. The van der Waals surface area contributed by atoms with Gasteiger partial charge in [-0.15, -0.1) is 0 Å². The molecule has 0 aliphatic carbocycles. The van der Waals surface area contributed by atoms with E-state index in [-0.39, 0.29) is 12.0 Å². The highest BCUT2D eigenvalue weighted by molar-refractivity contribution is 6.32. The molecule has 0 aliphatic rings. The largest absolute Gasteiger partial charge is 0.383 e. The van der Waals surface area contributed by atoms with Crippen molar-refractivity contribution < 1.29 is 4.74 Å². The van der Waals surface area contributed by atoms with Crippen molar-refractivity contribution in [2.45, 2.75) is 25.8 Å². The molecular weight excluding hydrogens is 228 g/mol. The lowest BCUT2D eigenvalue weighted by molar-refractivity contribution is 0.182. The molecule has 1 aromatic heterocycles. The van der Waals surface area contributed by atoms with E-state index < -0.39 is 0 Å². The Morgan fingerprint density at radius 1 is 1.62 bits per heavy atom. The highest BCUT2D eigenvalue weighted by Crippen LogP contribution is 2.20. The number of methoxy groups -OCH3 is 1. The van der Waals surface area contributed by atoms with Gasteiger partial charge in [0.15, 0.2) is 5.82 Å². The number of hydrogen-bond donors (Lipinski definition) is 2. The van der Waals surface area contributed by atoms with Crippen LogP contribution in [0.15, 0.2) is 6.20 Å². The molecule has 1 heterocycles. The molecule has 16 heavy (non-hydrogen) atoms. The Hall–Kier alpha value is -1.07. The molecule has 0 fully saturated rings. The van der Waals surface area contributed by atoms with E-state index in [2.05, 4.69) is 22.2 Å². The Bertz CT molecular complexity index is 329. The molecule has 1 unspecified atom stereocenters. The fraction of sp³-hybridized carbons (Fsp3) is 0.600. The number of nitrogens with zero attached hydrogens (tertiary/aromatic N) is 2. The van der Waals surface area contributed by atoms with E-state index in [0.717, 1.165) is 12.8 Å². The van der Waals surface area contributed by atoms with E-state index in [1.807, 2.05) is 0 Å². The molecule has 1 rings (SSSR count). The summed E-state index contributed by atoms with van der Waals surface area (Å²) in [7, 11) is 1.67. The topological polar surface area (TPSA) is 73.1 Å². The summed E-state index contributed by atoms with van der Waals surface area (Å²) in [5.74, 6) is 0.768. The summed E-state index contributed by atoms with van der Waals surface area (Å²) < 4.78 is 5.12. The van der Waals surface area contributed by atoms with E-state index in [1.165, 1.54) is 6.20 Å². The second-order valence-corrected chi connectivity index (χ2v) is 3.92. The summed E-state index contributed by atoms with van der Waals surface area (Å²) in [5, 5.41) is 3.67. The van der Waals surface area contributed by atoms with Gasteiger partial charge in [0.05, 0.1) is 18.8 Å². The highest BCUT2D eigenvalue weighted by Gasteiger charge is 2.11. The number of aromatic nitrogens is 2. The molecule has 0 aliphatic heterocycles. The lowest BCUT2D eigenvalue weighted by atomic mass is 10.2. The van der Waals surface area contributed by atoms with Crippen LogP contribution in [0, 0.1) is 0 Å². The van der Waals surface area contributed by atoms with Crippen LogP contribution < -0.4 is 11.1 Å². The van der Waals surface area contributed by atoms with Crippen LogP contribution in [0.25, 0.3) is 0 Å². The van der Waals surface area contributed by atoms with Crippen LogP contribution in [0.1, 0.15) is 19.8 Å². The maximum atomic E-state index is 5.96. The van der Waals surface area contributed by atoms with Gasteiger partial charge in [-0.1, -0.05) is 24.9 Å². The molecule has 0 amide bonds. The number of nitrogens with two attached hydrogens (primary N) is 1. The van der Waals surface area contributed by atoms with E-state index in [9.17, 15) is 0 Å². The van der Waals surface area contributed by atoms with Crippen LogP contribution in [0.4, 0.5) is 11.8 Å². The van der Waals surface area contributed by atoms with Gasteiger partial charge < -0.3 is 15.8 Å². The summed E-state index contributed by atoms with van der Waals surface area (Å²) in [5.41, 5.74) is 5.50. The smallest absolute Gasteiger partial charge is 0.222 e. The lowest BCUT2D eigenvalue weighted by Gasteiger charge is -2.18. The van der Waals surface area contributed by atoms with Gasteiger partial charge in [-0.3, -0.25) is 0 Å². The van der Waals surface area contributed by atoms with E-state index in [4.69, 9.17) is 22.1 Å². The van der Waals surface area contributed by atoms with Crippen LogP contribution in [0.2, 0.25) is 5.02 Å². The summed E-state index contributed by atoms with van der Waals surface area (Å²) >= 11 is 5.96. The van der Waals surface area contributed by atoms with Crippen molar-refractivity contribution in [2.75, 3.05) is 24.8 Å². The van der Waals surface area contributed by atoms with Gasteiger partial charge in [0, 0.05) is 7.11 Å². The molecule has 0 saturated heterocycles. The third-order valence-electron chi connectivity index (χ3n) is 2.11. The number of nitrogen functional groups attached to an aromatic ring is 1. The average molecular weight is 245 g/mol. The number of nitrogens with one attached hydrogen (secondary N) is 1. The van der Waals surface area contributed by atoms with E-state index in [1.54, 1.807) is 7.11 Å². The van der Waals surface area contributed by atoms with Gasteiger partial charge in [-0.2, -0.15) is 4.98 Å². The first kappa shape index (κ1) is 13.0. The molecule has 0 bridgehead atoms. The van der Waals surface area contributed by atoms with Crippen molar-refractivity contribution in [1.82, 2.24) is 9.97 Å². The maximum Gasteiger partial charge on any atom is 0.222 e. The zero-order chi connectivity index (χ0) is 12.0. The SMILES string of the molecule is CCCC(COC)Nc1nc(N)ncc1Cl. The lowest BCUT2D eigenvalue weighted by Crippen LogP contribution is -2.25. The molecule has 90 valence electrons. The minimum atomic E-state index is 0.182. The van der Waals surface area contributed by atoms with Crippen molar-refractivity contribution in [2.24, 2.45) is 0 Å². The molecule has 1 atom stereocenters. The molecule has 0 radical (unpaired) electrons. The molecule has 5 nitrogen and oxygen atoms in total. The number of halogens is 1. The van der Waals surface area contributed by atoms with Gasteiger partial charge in [0.2, 0.25) is 5.95 Å². The first-order valence-corrected chi connectivity index (χ1v) is 5.58. The van der Waals surface area contributed by atoms with Crippen LogP contribution in [0.5, 0.6) is 0 Å². The standard InChI is InChI=1S/C10H17ClN4O/c1-3-4-7(6-16-2)14-9-8(11)5-13-10(12)15-9/h5,7H,3-4,6H2,1-2H3,(H3,12,13,14,15). The number of ether oxygens (including phenoxy) is 1. The Morgan fingerprint density at radius 3 is 3.00 bits per heavy atom. The minimum absolute atomic E-state index is 0.182. The van der Waals surface area contributed by atoms with Gasteiger partial charge in [-0.05, 0) is 6.42 Å². The van der Waals surface area contributed by atoms with Crippen molar-refractivity contribution in [1.29, 1.82) is 0 Å². The molecule has 0 saturated carbocycles. The van der Waals surface area contributed by atoms with Crippen LogP contribution >= 0.6 is 11.6 Å². The van der Waals surface area contributed by atoms with E-state index in [0.29, 0.717) is 17.4 Å². The monoisotopic (exact) mass is 244 g/mol. The number of anilines is 2. The van der Waals surface area contributed by atoms with Crippen molar-refractivity contribution in [3.63, 3.8) is 0 Å². The Morgan fingerprint density at radius 2 is 2.38 bits per heavy atom. The first-order chi connectivity index (χ1) is 7.67. The molecule has 0 spiro atoms. The Balaban J connectivity index is 2.71. The van der Waals surface area contributed by atoms with Crippen molar-refractivity contribution in [3.8, 4) is 0 Å². The summed E-state index contributed by atoms with van der Waals surface area (Å²) in [4.78, 5) is 7.85. The zero-order valence-corrected chi connectivity index (χ0v) is 10.3. The summed E-state index contributed by atoms with van der Waals surface area (Å²) in [6.07, 6.45) is 3.52. The Labute approximate surface area is 100 Å². The number of hydrogen-bond acceptors (Lipinski definition) is 5. The molecule has 3 N–H and O–H groups in total. The van der Waals surface area contributed by atoms with Crippen LogP contribution in [-0.4, -0.2) is 29.7 Å². The zero-order valence-electron chi connectivity index (χ0n) is 9.53. The third kappa shape index (κ3) is 3.83. The van der Waals surface area contributed by atoms with Gasteiger partial charge >= 0.3 is 0 Å². The highest BCUT2D eigenvalue weighted by atomic mass is 35.5. The van der Waals surface area contributed by atoms with Crippen molar-refractivity contribution in [3.05, 3.63) is 11.2 Å². The quantitative estimate of drug-likeness (QED) is 0.800. The molecular formula is C10H17ClN4O. The minimum Gasteiger partial charge on any atom is -0.383 e. The summed E-state index contributed by atoms with van der Waals surface area (Å²) in [6, 6.07) is 0.182. The second kappa shape index (κ2) is 6.50. The Kier molecular flexibility index (Phi) is 5.28. The fourth-order valence-corrected chi connectivity index (χ4v) is 1.57. The molecule has 0 aromatic carbocycles. The number of rotatable bonds is 6. The van der Waals surface area contributed by atoms with Gasteiger partial charge in [0.1, 0.15) is 5.02 Å². The second-order valence-electron chi connectivity index (χ2n) is 3.51. The maximum absolute atomic E-state index is 5.96. The third-order valence-corrected chi connectivity index (χ3v) is 2.39.